The lowest BCUT2D eigenvalue weighted by Gasteiger charge is -2.25. The van der Waals surface area contributed by atoms with E-state index in [4.69, 9.17) is 4.74 Å². The number of rotatable bonds is 7. The van der Waals surface area contributed by atoms with Crippen molar-refractivity contribution < 1.29 is 4.74 Å². The van der Waals surface area contributed by atoms with E-state index in [2.05, 4.69) is 58.1 Å². The molecule has 2 nitrogen and oxygen atoms in total. The third-order valence-electron chi connectivity index (χ3n) is 4.21. The van der Waals surface area contributed by atoms with Crippen LogP contribution in [0.4, 0.5) is 0 Å². The maximum absolute atomic E-state index is 5.77. The summed E-state index contributed by atoms with van der Waals surface area (Å²) in [7, 11) is 0. The molecule has 1 atom stereocenters. The van der Waals surface area contributed by atoms with Gasteiger partial charge in [0.2, 0.25) is 0 Å². The van der Waals surface area contributed by atoms with Crippen molar-refractivity contribution in [3.8, 4) is 5.75 Å². The first-order valence-electron chi connectivity index (χ1n) is 8.35. The van der Waals surface area contributed by atoms with Crippen molar-refractivity contribution in [1.82, 2.24) is 5.32 Å². The lowest BCUT2D eigenvalue weighted by molar-refractivity contribution is 0.254. The lowest BCUT2D eigenvalue weighted by Crippen LogP contribution is -2.32. The van der Waals surface area contributed by atoms with Crippen LogP contribution in [0.2, 0.25) is 0 Å². The van der Waals surface area contributed by atoms with E-state index in [1.54, 1.807) is 0 Å². The summed E-state index contributed by atoms with van der Waals surface area (Å²) in [6.07, 6.45) is 3.76. The van der Waals surface area contributed by atoms with Gasteiger partial charge in [0.25, 0.3) is 0 Å². The summed E-state index contributed by atoms with van der Waals surface area (Å²) < 4.78 is 5.77. The quantitative estimate of drug-likeness (QED) is 0.811. The van der Waals surface area contributed by atoms with Gasteiger partial charge in [-0.1, -0.05) is 39.8 Å². The fourth-order valence-corrected chi connectivity index (χ4v) is 2.90. The van der Waals surface area contributed by atoms with Crippen LogP contribution in [-0.4, -0.2) is 19.2 Å². The van der Waals surface area contributed by atoms with Crippen molar-refractivity contribution in [2.45, 2.75) is 60.0 Å². The molecule has 0 amide bonds. The molecule has 1 aliphatic rings. The van der Waals surface area contributed by atoms with Gasteiger partial charge in [0.1, 0.15) is 11.9 Å². The fraction of sp³-hybridized carbons (Fsp3) is 0.684. The van der Waals surface area contributed by atoms with E-state index in [0.29, 0.717) is 11.5 Å². The first-order chi connectivity index (χ1) is 9.85. The minimum absolute atomic E-state index is 0.340. The second-order valence-electron chi connectivity index (χ2n) is 7.76. The van der Waals surface area contributed by atoms with Gasteiger partial charge in [-0.2, -0.15) is 0 Å². The molecule has 2 heteroatoms. The van der Waals surface area contributed by atoms with Gasteiger partial charge >= 0.3 is 0 Å². The van der Waals surface area contributed by atoms with Gasteiger partial charge in [0, 0.05) is 13.0 Å². The Morgan fingerprint density at radius 2 is 2.10 bits per heavy atom. The molecule has 0 aromatic heterocycles. The number of fused-ring (bicyclic) bond motifs is 1. The highest BCUT2D eigenvalue weighted by atomic mass is 16.5. The highest BCUT2D eigenvalue weighted by Crippen LogP contribution is 2.30. The fourth-order valence-electron chi connectivity index (χ4n) is 2.90. The van der Waals surface area contributed by atoms with Gasteiger partial charge in [-0.25, -0.2) is 0 Å². The molecular weight excluding hydrogens is 258 g/mol. The van der Waals surface area contributed by atoms with E-state index in [-0.39, 0.29) is 0 Å². The summed E-state index contributed by atoms with van der Waals surface area (Å²) in [5, 5.41) is 3.59. The third-order valence-corrected chi connectivity index (χ3v) is 4.21. The number of hydrogen-bond acceptors (Lipinski definition) is 2. The summed E-state index contributed by atoms with van der Waals surface area (Å²) in [6, 6.07) is 6.73. The molecule has 1 aliphatic heterocycles. The van der Waals surface area contributed by atoms with Gasteiger partial charge in [-0.15, -0.1) is 0 Å². The summed E-state index contributed by atoms with van der Waals surface area (Å²) >= 11 is 0. The number of aryl methyl sites for hydroxylation is 1. The van der Waals surface area contributed by atoms with Crippen molar-refractivity contribution >= 4 is 0 Å². The second-order valence-corrected chi connectivity index (χ2v) is 7.76. The van der Waals surface area contributed by atoms with Crippen LogP contribution in [0.25, 0.3) is 0 Å². The standard InChI is InChI=1S/C19H31NO/c1-14(2)12-20-13-19(4,5)9-8-16-6-7-18-17(11-16)10-15(3)21-18/h6-7,11,14-15,20H,8-10,12-13H2,1-5H3. The van der Waals surface area contributed by atoms with Gasteiger partial charge in [-0.3, -0.25) is 0 Å². The predicted octanol–water partition coefficient (Wildman–Crippen LogP) is 4.21. The molecule has 0 aliphatic carbocycles. The Morgan fingerprint density at radius 3 is 2.81 bits per heavy atom. The van der Waals surface area contributed by atoms with Crippen LogP contribution in [-0.2, 0) is 12.8 Å². The molecule has 1 N–H and O–H groups in total. The van der Waals surface area contributed by atoms with E-state index < -0.39 is 0 Å². The van der Waals surface area contributed by atoms with Gasteiger partial charge in [0.15, 0.2) is 0 Å². The largest absolute Gasteiger partial charge is 0.490 e. The summed E-state index contributed by atoms with van der Waals surface area (Å²) in [5.74, 6) is 1.81. The van der Waals surface area contributed by atoms with E-state index in [1.165, 1.54) is 17.5 Å². The average Bonchev–Trinajstić information content (AvgIpc) is 2.75. The van der Waals surface area contributed by atoms with Crippen LogP contribution in [0.5, 0.6) is 5.75 Å². The first-order valence-corrected chi connectivity index (χ1v) is 8.35. The molecule has 118 valence electrons. The molecule has 21 heavy (non-hydrogen) atoms. The third kappa shape index (κ3) is 5.03. The Balaban J connectivity index is 1.84. The molecule has 1 aromatic carbocycles. The predicted molar refractivity (Wildman–Crippen MR) is 90.0 cm³/mol. The Bertz CT molecular complexity index is 465. The second kappa shape index (κ2) is 6.83. The van der Waals surface area contributed by atoms with Crippen LogP contribution >= 0.6 is 0 Å². The zero-order valence-electron chi connectivity index (χ0n) is 14.3. The van der Waals surface area contributed by atoms with Crippen molar-refractivity contribution in [2.24, 2.45) is 11.3 Å². The molecule has 1 unspecified atom stereocenters. The minimum atomic E-state index is 0.340. The van der Waals surface area contributed by atoms with Crippen LogP contribution in [0.3, 0.4) is 0 Å². The summed E-state index contributed by atoms with van der Waals surface area (Å²) in [6.45, 7) is 13.6. The lowest BCUT2D eigenvalue weighted by atomic mass is 9.85. The molecule has 0 radical (unpaired) electrons. The molecule has 0 spiro atoms. The van der Waals surface area contributed by atoms with Gasteiger partial charge in [-0.05, 0) is 54.8 Å². The van der Waals surface area contributed by atoms with E-state index >= 15 is 0 Å². The van der Waals surface area contributed by atoms with E-state index in [1.807, 2.05) is 0 Å². The molecule has 0 saturated heterocycles. The normalized spacial score (nSPS) is 17.9. The maximum atomic E-state index is 5.77. The van der Waals surface area contributed by atoms with E-state index in [9.17, 15) is 0 Å². The molecule has 1 heterocycles. The average molecular weight is 289 g/mol. The smallest absolute Gasteiger partial charge is 0.123 e. The minimum Gasteiger partial charge on any atom is -0.490 e. The molecule has 0 bridgehead atoms. The molecule has 2 rings (SSSR count). The number of ether oxygens (including phenoxy) is 1. The zero-order valence-corrected chi connectivity index (χ0v) is 14.3. The molecule has 0 saturated carbocycles. The Kier molecular flexibility index (Phi) is 5.32. The van der Waals surface area contributed by atoms with Crippen LogP contribution in [0, 0.1) is 11.3 Å². The Hall–Kier alpha value is -1.02. The Morgan fingerprint density at radius 1 is 1.33 bits per heavy atom. The maximum Gasteiger partial charge on any atom is 0.123 e. The highest BCUT2D eigenvalue weighted by Gasteiger charge is 2.20. The zero-order chi connectivity index (χ0) is 15.5. The molecule has 1 aromatic rings. The molecular formula is C19H31NO. The van der Waals surface area contributed by atoms with Crippen LogP contribution < -0.4 is 10.1 Å². The summed E-state index contributed by atoms with van der Waals surface area (Å²) in [4.78, 5) is 0. The summed E-state index contributed by atoms with van der Waals surface area (Å²) in [5.41, 5.74) is 3.18. The number of hydrogen-bond donors (Lipinski definition) is 1. The first kappa shape index (κ1) is 16.4. The van der Waals surface area contributed by atoms with Gasteiger partial charge in [0.05, 0.1) is 0 Å². The molecule has 0 fully saturated rings. The topological polar surface area (TPSA) is 21.3 Å². The highest BCUT2D eigenvalue weighted by molar-refractivity contribution is 5.40. The Labute approximate surface area is 130 Å². The van der Waals surface area contributed by atoms with Crippen LogP contribution in [0.1, 0.15) is 52.2 Å². The van der Waals surface area contributed by atoms with Crippen molar-refractivity contribution in [3.05, 3.63) is 29.3 Å². The van der Waals surface area contributed by atoms with Crippen LogP contribution in [0.15, 0.2) is 18.2 Å². The SMILES string of the molecule is CC(C)CNCC(C)(C)CCc1ccc2c(c1)CC(C)O2. The van der Waals surface area contributed by atoms with Crippen molar-refractivity contribution in [2.75, 3.05) is 13.1 Å². The number of benzene rings is 1. The number of nitrogens with one attached hydrogen (secondary N) is 1. The van der Waals surface area contributed by atoms with Crippen molar-refractivity contribution in [3.63, 3.8) is 0 Å². The monoisotopic (exact) mass is 289 g/mol. The van der Waals surface area contributed by atoms with Gasteiger partial charge < -0.3 is 10.1 Å². The van der Waals surface area contributed by atoms with E-state index in [0.717, 1.165) is 37.6 Å². The van der Waals surface area contributed by atoms with Crippen molar-refractivity contribution in [1.29, 1.82) is 0 Å².